The van der Waals surface area contributed by atoms with E-state index in [4.69, 9.17) is 9.47 Å². The lowest BCUT2D eigenvalue weighted by Gasteiger charge is -2.27. The molecule has 0 amide bonds. The molecule has 0 fully saturated rings. The molecule has 214 valence electrons. The van der Waals surface area contributed by atoms with E-state index in [1.165, 1.54) is 55.6 Å². The molecule has 0 spiro atoms. The Labute approximate surface area is 238 Å². The molecular formula is C30H28O9S2. The number of hydrogen-bond donors (Lipinski definition) is 2. The van der Waals surface area contributed by atoms with E-state index < -0.39 is 41.2 Å². The lowest BCUT2D eigenvalue weighted by atomic mass is 9.78. The minimum atomic E-state index is -4.66. The van der Waals surface area contributed by atoms with Crippen molar-refractivity contribution in [2.45, 2.75) is 36.0 Å². The smallest absolute Gasteiger partial charge is 0.298 e. The summed E-state index contributed by atoms with van der Waals surface area (Å²) in [7, 11) is -8.07. The van der Waals surface area contributed by atoms with E-state index >= 15 is 0 Å². The van der Waals surface area contributed by atoms with Crippen molar-refractivity contribution in [3.63, 3.8) is 0 Å². The molecule has 0 saturated carbocycles. The second-order valence-corrected chi connectivity index (χ2v) is 12.7. The number of ketones is 1. The lowest BCUT2D eigenvalue weighted by Crippen LogP contribution is -2.19. The van der Waals surface area contributed by atoms with Crippen LogP contribution < -0.4 is 9.47 Å². The van der Waals surface area contributed by atoms with Crippen LogP contribution >= 0.6 is 0 Å². The Kier molecular flexibility index (Phi) is 8.10. The van der Waals surface area contributed by atoms with Crippen molar-refractivity contribution >= 4 is 26.0 Å². The van der Waals surface area contributed by atoms with Crippen molar-refractivity contribution in [3.8, 4) is 17.2 Å². The van der Waals surface area contributed by atoms with Crippen LogP contribution in [0, 0.1) is 6.92 Å². The number of benzene rings is 4. The molecule has 9 nitrogen and oxygen atoms in total. The summed E-state index contributed by atoms with van der Waals surface area (Å²) in [5.74, 6) is -0.575. The summed E-state index contributed by atoms with van der Waals surface area (Å²) in [6.45, 7) is 5.86. The molecule has 0 aliphatic rings. The summed E-state index contributed by atoms with van der Waals surface area (Å²) in [4.78, 5) is 12.0. The highest BCUT2D eigenvalue weighted by Gasteiger charge is 2.27. The monoisotopic (exact) mass is 596 g/mol. The highest BCUT2D eigenvalue weighted by atomic mass is 32.2. The van der Waals surface area contributed by atoms with Crippen LogP contribution in [0.5, 0.6) is 17.2 Å². The van der Waals surface area contributed by atoms with Gasteiger partial charge in [-0.1, -0.05) is 49.7 Å². The normalized spacial score (nSPS) is 12.1. The van der Waals surface area contributed by atoms with Crippen LogP contribution in [-0.4, -0.2) is 38.8 Å². The van der Waals surface area contributed by atoms with Crippen LogP contribution in [0.4, 0.5) is 0 Å². The first-order chi connectivity index (χ1) is 19.1. The summed E-state index contributed by atoms with van der Waals surface area (Å²) in [6, 6.07) is 21.7. The van der Waals surface area contributed by atoms with Crippen LogP contribution in [0.15, 0.2) is 94.7 Å². The number of rotatable bonds is 9. The summed E-state index contributed by atoms with van der Waals surface area (Å²) in [5, 5.41) is 0. The molecule has 4 aromatic carbocycles. The first-order valence-corrected chi connectivity index (χ1v) is 15.2. The van der Waals surface area contributed by atoms with Gasteiger partial charge >= 0.3 is 0 Å². The molecule has 0 unspecified atom stereocenters. The lowest BCUT2D eigenvalue weighted by molar-refractivity contribution is 0.103. The maximum absolute atomic E-state index is 13.0. The molecule has 4 rings (SSSR count). The molecule has 0 radical (unpaired) electrons. The highest BCUT2D eigenvalue weighted by molar-refractivity contribution is 7.86. The summed E-state index contributed by atoms with van der Waals surface area (Å²) in [5.41, 5.74) is 2.28. The molecule has 0 aliphatic carbocycles. The van der Waals surface area contributed by atoms with Gasteiger partial charge in [-0.2, -0.15) is 16.8 Å². The largest absolute Gasteiger partial charge is 0.495 e. The molecule has 0 bridgehead atoms. The Morgan fingerprint density at radius 1 is 0.683 bits per heavy atom. The van der Waals surface area contributed by atoms with E-state index in [-0.39, 0.29) is 28.4 Å². The molecule has 41 heavy (non-hydrogen) atoms. The fourth-order valence-corrected chi connectivity index (χ4v) is 5.63. The predicted octanol–water partition coefficient (Wildman–Crippen LogP) is 5.85. The number of carbonyl (C=O) groups excluding carboxylic acids is 1. The van der Waals surface area contributed by atoms with Gasteiger partial charge in [0.15, 0.2) is 5.78 Å². The maximum Gasteiger partial charge on any atom is 0.298 e. The van der Waals surface area contributed by atoms with Gasteiger partial charge in [-0.05, 0) is 72.6 Å². The third-order valence-corrected chi connectivity index (χ3v) is 8.51. The molecule has 0 aliphatic heterocycles. The second-order valence-electron chi connectivity index (χ2n) is 9.92. The summed E-state index contributed by atoms with van der Waals surface area (Å²) >= 11 is 0. The van der Waals surface area contributed by atoms with Crippen molar-refractivity contribution in [2.75, 3.05) is 7.11 Å². The zero-order valence-corrected chi connectivity index (χ0v) is 24.3. The maximum atomic E-state index is 13.0. The van der Waals surface area contributed by atoms with Crippen molar-refractivity contribution in [1.82, 2.24) is 0 Å². The van der Waals surface area contributed by atoms with Gasteiger partial charge < -0.3 is 9.47 Å². The topological polar surface area (TPSA) is 144 Å². The van der Waals surface area contributed by atoms with Crippen LogP contribution in [0.25, 0.3) is 0 Å². The van der Waals surface area contributed by atoms with Gasteiger partial charge in [0.25, 0.3) is 20.2 Å². The van der Waals surface area contributed by atoms with Gasteiger partial charge in [0, 0.05) is 16.5 Å². The second kappa shape index (κ2) is 11.1. The van der Waals surface area contributed by atoms with Gasteiger partial charge in [0.1, 0.15) is 27.0 Å². The van der Waals surface area contributed by atoms with Gasteiger partial charge in [0.2, 0.25) is 0 Å². The third-order valence-electron chi connectivity index (χ3n) is 6.76. The van der Waals surface area contributed by atoms with Crippen LogP contribution in [0.1, 0.15) is 46.5 Å². The zero-order chi connectivity index (χ0) is 30.2. The quantitative estimate of drug-likeness (QED) is 0.180. The fourth-order valence-electron chi connectivity index (χ4n) is 4.31. The predicted molar refractivity (Wildman–Crippen MR) is 152 cm³/mol. The van der Waals surface area contributed by atoms with Crippen molar-refractivity contribution in [1.29, 1.82) is 0 Å². The van der Waals surface area contributed by atoms with E-state index in [2.05, 4.69) is 0 Å². The number of hydrogen-bond acceptors (Lipinski definition) is 7. The van der Waals surface area contributed by atoms with Crippen LogP contribution in [0.3, 0.4) is 0 Å². The van der Waals surface area contributed by atoms with E-state index in [0.717, 1.165) is 17.2 Å². The summed E-state index contributed by atoms with van der Waals surface area (Å²) in [6.07, 6.45) is 0. The SMILES string of the molecule is COc1ccc(C(=O)c2ccc(Oc3ccc(C(C)(C)c4ccc(C)cc4)cc3S(=O)(=O)O)cc2)cc1S(=O)(=O)O. The number of carbonyl (C=O) groups is 1. The van der Waals surface area contributed by atoms with E-state index in [9.17, 15) is 30.7 Å². The first kappa shape index (κ1) is 29.9. The highest BCUT2D eigenvalue weighted by Crippen LogP contribution is 2.37. The number of methoxy groups -OCH3 is 1. The Bertz CT molecular complexity index is 1820. The Morgan fingerprint density at radius 2 is 1.20 bits per heavy atom. The van der Waals surface area contributed by atoms with E-state index in [1.807, 2.05) is 45.0 Å². The standard InChI is InChI=1S/C30H28O9S2/c1-19-5-10-22(11-6-19)30(2,3)23-12-16-26(28(18-23)41(35,36)37)39-24-13-7-20(8-14-24)29(31)21-9-15-25(38-4)27(17-21)40(32,33)34/h5-18H,1-4H3,(H,32,33,34)(H,35,36,37). The van der Waals surface area contributed by atoms with Crippen molar-refractivity contribution in [3.05, 3.63) is 113 Å². The van der Waals surface area contributed by atoms with Gasteiger partial charge in [0.05, 0.1) is 7.11 Å². The Morgan fingerprint density at radius 3 is 1.76 bits per heavy atom. The van der Waals surface area contributed by atoms with Gasteiger partial charge in [-0.15, -0.1) is 0 Å². The molecule has 0 heterocycles. The van der Waals surface area contributed by atoms with Gasteiger partial charge in [-0.25, -0.2) is 0 Å². The molecule has 2 N–H and O–H groups in total. The average molecular weight is 597 g/mol. The molecule has 4 aromatic rings. The summed E-state index contributed by atoms with van der Waals surface area (Å²) < 4.78 is 78.2. The minimum Gasteiger partial charge on any atom is -0.495 e. The fraction of sp³-hybridized carbons (Fsp3) is 0.167. The number of aryl methyl sites for hydroxylation is 1. The van der Waals surface area contributed by atoms with Crippen molar-refractivity contribution in [2.24, 2.45) is 0 Å². The Hall–Kier alpha value is -4.03. The molecular weight excluding hydrogens is 568 g/mol. The van der Waals surface area contributed by atoms with E-state index in [1.54, 1.807) is 6.07 Å². The third kappa shape index (κ3) is 6.49. The Balaban J connectivity index is 1.63. The molecule has 0 aromatic heterocycles. The van der Waals surface area contributed by atoms with Crippen LogP contribution in [0.2, 0.25) is 0 Å². The van der Waals surface area contributed by atoms with Crippen LogP contribution in [-0.2, 0) is 25.7 Å². The first-order valence-electron chi connectivity index (χ1n) is 12.3. The molecule has 11 heteroatoms. The average Bonchev–Trinajstić information content (AvgIpc) is 2.92. The molecule has 0 atom stereocenters. The number of ether oxygens (including phenoxy) is 2. The van der Waals surface area contributed by atoms with E-state index in [0.29, 0.717) is 5.56 Å². The van der Waals surface area contributed by atoms with Gasteiger partial charge in [-0.3, -0.25) is 13.9 Å². The molecule has 0 saturated heterocycles. The zero-order valence-electron chi connectivity index (χ0n) is 22.7. The van der Waals surface area contributed by atoms with Crippen molar-refractivity contribution < 1.29 is 40.2 Å². The minimum absolute atomic E-state index is 0.00691.